The van der Waals surface area contributed by atoms with Crippen LogP contribution >= 0.6 is 0 Å². The second-order valence-electron chi connectivity index (χ2n) is 6.21. The van der Waals surface area contributed by atoms with Crippen LogP contribution in [0.4, 0.5) is 0 Å². The molecule has 0 saturated heterocycles. The Hall–Kier alpha value is -3.20. The summed E-state index contributed by atoms with van der Waals surface area (Å²) in [5.41, 5.74) is 7.89. The molecule has 0 spiro atoms. The molecule has 0 unspecified atom stereocenters. The molecule has 4 rings (SSSR count). The summed E-state index contributed by atoms with van der Waals surface area (Å²) >= 11 is 0. The number of rotatable bonds is 3. The van der Waals surface area contributed by atoms with E-state index in [-0.39, 0.29) is 0 Å². The van der Waals surface area contributed by atoms with Crippen LogP contribution in [0.3, 0.4) is 0 Å². The standard InChI is InChI=1S/C22H19N3/c1-16-13-19(18-9-5-3-6-10-18)14-17(2)22(16)21-15-23-25(24-21)20-11-7-4-8-12-20/h3-15H,1-2H3. The largest absolute Gasteiger partial charge is 0.156 e. The lowest BCUT2D eigenvalue weighted by molar-refractivity contribution is 0.753. The Labute approximate surface area is 147 Å². The first kappa shape index (κ1) is 15.3. The summed E-state index contributed by atoms with van der Waals surface area (Å²) in [4.78, 5) is 1.68. The molecule has 0 saturated carbocycles. The predicted octanol–water partition coefficient (Wildman–Crippen LogP) is 5.22. The SMILES string of the molecule is Cc1cc(-c2ccccc2)cc(C)c1-c1cnn(-c2ccccc2)n1. The van der Waals surface area contributed by atoms with Gasteiger partial charge in [-0.2, -0.15) is 9.90 Å². The highest BCUT2D eigenvalue weighted by atomic mass is 15.5. The molecule has 1 heterocycles. The van der Waals surface area contributed by atoms with E-state index in [1.807, 2.05) is 42.6 Å². The zero-order chi connectivity index (χ0) is 17.2. The first-order valence-electron chi connectivity index (χ1n) is 8.37. The summed E-state index contributed by atoms with van der Waals surface area (Å²) in [6, 6.07) is 24.9. The number of para-hydroxylation sites is 1. The average Bonchev–Trinajstić information content (AvgIpc) is 3.12. The zero-order valence-corrected chi connectivity index (χ0v) is 14.3. The van der Waals surface area contributed by atoms with Gasteiger partial charge in [0.25, 0.3) is 0 Å². The maximum Gasteiger partial charge on any atom is 0.114 e. The van der Waals surface area contributed by atoms with Crippen LogP contribution in [0.5, 0.6) is 0 Å². The summed E-state index contributed by atoms with van der Waals surface area (Å²) in [5.74, 6) is 0. The Balaban J connectivity index is 1.76. The lowest BCUT2D eigenvalue weighted by Gasteiger charge is -2.11. The molecule has 0 aliphatic rings. The van der Waals surface area contributed by atoms with Crippen LogP contribution < -0.4 is 0 Å². The Morgan fingerprint density at radius 1 is 0.720 bits per heavy atom. The number of aryl methyl sites for hydroxylation is 2. The zero-order valence-electron chi connectivity index (χ0n) is 14.3. The highest BCUT2D eigenvalue weighted by Gasteiger charge is 2.12. The van der Waals surface area contributed by atoms with E-state index < -0.39 is 0 Å². The molecule has 0 radical (unpaired) electrons. The third kappa shape index (κ3) is 2.96. The minimum absolute atomic E-state index is 0.901. The van der Waals surface area contributed by atoms with Crippen molar-refractivity contribution < 1.29 is 0 Å². The van der Waals surface area contributed by atoms with Crippen molar-refractivity contribution in [2.45, 2.75) is 13.8 Å². The van der Waals surface area contributed by atoms with Crippen molar-refractivity contribution in [1.29, 1.82) is 0 Å². The average molecular weight is 325 g/mol. The van der Waals surface area contributed by atoms with Crippen LogP contribution in [-0.4, -0.2) is 15.0 Å². The van der Waals surface area contributed by atoms with E-state index >= 15 is 0 Å². The van der Waals surface area contributed by atoms with E-state index in [1.54, 1.807) is 4.80 Å². The maximum absolute atomic E-state index is 4.68. The Kier molecular flexibility index (Phi) is 3.90. The fourth-order valence-corrected chi connectivity index (χ4v) is 3.23. The molecular weight excluding hydrogens is 306 g/mol. The fraction of sp³-hybridized carbons (Fsp3) is 0.0909. The summed E-state index contributed by atoms with van der Waals surface area (Å²) < 4.78 is 0. The lowest BCUT2D eigenvalue weighted by Crippen LogP contribution is -1.98. The first-order valence-corrected chi connectivity index (χ1v) is 8.37. The highest BCUT2D eigenvalue weighted by molar-refractivity contribution is 5.74. The van der Waals surface area contributed by atoms with Gasteiger partial charge in [0.2, 0.25) is 0 Å². The Bertz CT molecular complexity index is 979. The normalized spacial score (nSPS) is 10.8. The minimum atomic E-state index is 0.901. The molecule has 0 fully saturated rings. The molecule has 122 valence electrons. The summed E-state index contributed by atoms with van der Waals surface area (Å²) in [5, 5.41) is 9.11. The van der Waals surface area contributed by atoms with Gasteiger partial charge < -0.3 is 0 Å². The van der Waals surface area contributed by atoms with Gasteiger partial charge in [-0.1, -0.05) is 60.7 Å². The molecule has 0 amide bonds. The van der Waals surface area contributed by atoms with Gasteiger partial charge in [-0.15, -0.1) is 5.10 Å². The molecule has 0 N–H and O–H groups in total. The van der Waals surface area contributed by atoms with E-state index in [2.05, 4.69) is 60.4 Å². The number of nitrogens with zero attached hydrogens (tertiary/aromatic N) is 3. The van der Waals surface area contributed by atoms with Gasteiger partial charge in [-0.25, -0.2) is 0 Å². The second kappa shape index (κ2) is 6.36. The highest BCUT2D eigenvalue weighted by Crippen LogP contribution is 2.31. The number of benzene rings is 3. The Morgan fingerprint density at radius 3 is 1.96 bits per heavy atom. The van der Waals surface area contributed by atoms with Gasteiger partial charge in [0.1, 0.15) is 5.69 Å². The van der Waals surface area contributed by atoms with E-state index in [1.165, 1.54) is 22.3 Å². The number of hydrogen-bond acceptors (Lipinski definition) is 2. The fourth-order valence-electron chi connectivity index (χ4n) is 3.23. The van der Waals surface area contributed by atoms with Crippen LogP contribution in [0.25, 0.3) is 28.1 Å². The molecule has 3 nitrogen and oxygen atoms in total. The minimum Gasteiger partial charge on any atom is -0.156 e. The van der Waals surface area contributed by atoms with Gasteiger partial charge in [-0.3, -0.25) is 0 Å². The van der Waals surface area contributed by atoms with Crippen molar-refractivity contribution in [3.05, 3.63) is 90.1 Å². The third-order valence-corrected chi connectivity index (χ3v) is 4.37. The van der Waals surface area contributed by atoms with E-state index in [4.69, 9.17) is 0 Å². The van der Waals surface area contributed by atoms with Crippen molar-refractivity contribution in [2.24, 2.45) is 0 Å². The quantitative estimate of drug-likeness (QED) is 0.517. The smallest absolute Gasteiger partial charge is 0.114 e. The van der Waals surface area contributed by atoms with Crippen LogP contribution in [0.1, 0.15) is 11.1 Å². The maximum atomic E-state index is 4.68. The Morgan fingerprint density at radius 2 is 1.32 bits per heavy atom. The first-order chi connectivity index (χ1) is 12.2. The topological polar surface area (TPSA) is 30.7 Å². The molecule has 0 aliphatic carbocycles. The van der Waals surface area contributed by atoms with E-state index in [0.717, 1.165) is 16.9 Å². The van der Waals surface area contributed by atoms with Gasteiger partial charge in [0.15, 0.2) is 0 Å². The molecule has 0 bridgehead atoms. The molecule has 0 atom stereocenters. The molecule has 1 aromatic heterocycles. The molecule has 3 aromatic carbocycles. The van der Waals surface area contributed by atoms with Crippen LogP contribution in [0.15, 0.2) is 79.0 Å². The second-order valence-corrected chi connectivity index (χ2v) is 6.21. The lowest BCUT2D eigenvalue weighted by atomic mass is 9.94. The van der Waals surface area contributed by atoms with Crippen molar-refractivity contribution in [2.75, 3.05) is 0 Å². The molecule has 4 aromatic rings. The van der Waals surface area contributed by atoms with Crippen molar-refractivity contribution >= 4 is 0 Å². The number of hydrogen-bond donors (Lipinski definition) is 0. The number of aromatic nitrogens is 3. The van der Waals surface area contributed by atoms with E-state index in [9.17, 15) is 0 Å². The predicted molar refractivity (Wildman–Crippen MR) is 102 cm³/mol. The van der Waals surface area contributed by atoms with Crippen molar-refractivity contribution in [3.8, 4) is 28.1 Å². The van der Waals surface area contributed by atoms with Crippen LogP contribution in [0, 0.1) is 13.8 Å². The summed E-state index contributed by atoms with van der Waals surface area (Å²) in [6.07, 6.45) is 1.84. The molecule has 25 heavy (non-hydrogen) atoms. The third-order valence-electron chi connectivity index (χ3n) is 4.37. The van der Waals surface area contributed by atoms with E-state index in [0.29, 0.717) is 0 Å². The van der Waals surface area contributed by atoms with Crippen molar-refractivity contribution in [1.82, 2.24) is 15.0 Å². The molecular formula is C22H19N3. The summed E-state index contributed by atoms with van der Waals surface area (Å²) in [6.45, 7) is 4.27. The monoisotopic (exact) mass is 325 g/mol. The van der Waals surface area contributed by atoms with Gasteiger partial charge in [0.05, 0.1) is 11.9 Å². The van der Waals surface area contributed by atoms with Gasteiger partial charge in [-0.05, 0) is 48.2 Å². The van der Waals surface area contributed by atoms with Gasteiger partial charge >= 0.3 is 0 Å². The summed E-state index contributed by atoms with van der Waals surface area (Å²) in [7, 11) is 0. The van der Waals surface area contributed by atoms with Crippen LogP contribution in [-0.2, 0) is 0 Å². The molecule has 0 aliphatic heterocycles. The van der Waals surface area contributed by atoms with Crippen molar-refractivity contribution in [3.63, 3.8) is 0 Å². The molecule has 3 heteroatoms. The van der Waals surface area contributed by atoms with Gasteiger partial charge in [0, 0.05) is 5.56 Å². The van der Waals surface area contributed by atoms with Crippen LogP contribution in [0.2, 0.25) is 0 Å².